The normalized spacial score (nSPS) is 22.3. The van der Waals surface area contributed by atoms with E-state index < -0.39 is 0 Å². The lowest BCUT2D eigenvalue weighted by Crippen LogP contribution is -2.32. The molecule has 1 saturated carbocycles. The molecule has 1 aliphatic carbocycles. The Kier molecular flexibility index (Phi) is 4.68. The number of benzene rings is 1. The summed E-state index contributed by atoms with van der Waals surface area (Å²) in [4.78, 5) is 0. The predicted molar refractivity (Wildman–Crippen MR) is 83.5 cm³/mol. The molecule has 3 rings (SSSR count). The minimum Gasteiger partial charge on any atom is -0.373 e. The molecule has 4 nitrogen and oxygen atoms in total. The summed E-state index contributed by atoms with van der Waals surface area (Å²) in [6.07, 6.45) is 9.07. The van der Waals surface area contributed by atoms with E-state index in [9.17, 15) is 0 Å². The van der Waals surface area contributed by atoms with Crippen LogP contribution in [0.15, 0.2) is 42.7 Å². The summed E-state index contributed by atoms with van der Waals surface area (Å²) in [6.45, 7) is 0.654. The van der Waals surface area contributed by atoms with Crippen molar-refractivity contribution in [2.45, 2.75) is 44.4 Å². The smallest absolute Gasteiger partial charge is 0.0751 e. The van der Waals surface area contributed by atoms with E-state index >= 15 is 0 Å². The molecule has 0 spiro atoms. The van der Waals surface area contributed by atoms with Gasteiger partial charge in [-0.05, 0) is 44.9 Å². The average molecular weight is 285 g/mol. The van der Waals surface area contributed by atoms with Crippen LogP contribution in [0, 0.1) is 0 Å². The van der Waals surface area contributed by atoms with Crippen molar-refractivity contribution < 1.29 is 4.74 Å². The molecule has 1 N–H and O–H groups in total. The number of nitrogens with one attached hydrogen (secondary N) is 1. The Morgan fingerprint density at radius 1 is 1.19 bits per heavy atom. The Bertz CT molecular complexity index is 544. The highest BCUT2D eigenvalue weighted by Crippen LogP contribution is 2.22. The third-order valence-electron chi connectivity index (χ3n) is 4.22. The summed E-state index contributed by atoms with van der Waals surface area (Å²) in [6, 6.07) is 10.8. The van der Waals surface area contributed by atoms with E-state index in [0.29, 0.717) is 18.8 Å². The lowest BCUT2D eigenvalue weighted by molar-refractivity contribution is 0.0118. The number of hydrogen-bond acceptors (Lipinski definition) is 3. The van der Waals surface area contributed by atoms with Gasteiger partial charge in [-0.1, -0.05) is 18.2 Å². The van der Waals surface area contributed by atoms with Crippen LogP contribution < -0.4 is 5.32 Å². The molecule has 112 valence electrons. The summed E-state index contributed by atoms with van der Waals surface area (Å²) in [5, 5.41) is 7.75. The van der Waals surface area contributed by atoms with Crippen molar-refractivity contribution >= 4 is 0 Å². The Morgan fingerprint density at radius 3 is 2.67 bits per heavy atom. The zero-order valence-electron chi connectivity index (χ0n) is 12.5. The van der Waals surface area contributed by atoms with E-state index in [-0.39, 0.29) is 0 Å². The van der Waals surface area contributed by atoms with Gasteiger partial charge in [-0.2, -0.15) is 5.10 Å². The molecule has 0 atom stereocenters. The fourth-order valence-electron chi connectivity index (χ4n) is 2.89. The molecular weight excluding hydrogens is 262 g/mol. The first-order valence-corrected chi connectivity index (χ1v) is 7.73. The van der Waals surface area contributed by atoms with Crippen LogP contribution in [-0.4, -0.2) is 29.0 Å². The fourth-order valence-corrected chi connectivity index (χ4v) is 2.89. The van der Waals surface area contributed by atoms with Gasteiger partial charge in [0.25, 0.3) is 0 Å². The number of para-hydroxylation sites is 1. The van der Waals surface area contributed by atoms with Gasteiger partial charge in [0.2, 0.25) is 0 Å². The summed E-state index contributed by atoms with van der Waals surface area (Å²) in [7, 11) is 2.05. The van der Waals surface area contributed by atoms with Crippen LogP contribution in [-0.2, 0) is 11.3 Å². The van der Waals surface area contributed by atoms with Crippen LogP contribution in [0.4, 0.5) is 0 Å². The molecule has 1 aromatic heterocycles. The quantitative estimate of drug-likeness (QED) is 0.918. The third-order valence-corrected chi connectivity index (χ3v) is 4.22. The van der Waals surface area contributed by atoms with Gasteiger partial charge in [0.15, 0.2) is 0 Å². The molecular formula is C17H23N3O. The van der Waals surface area contributed by atoms with Crippen LogP contribution in [0.5, 0.6) is 0 Å². The van der Waals surface area contributed by atoms with Gasteiger partial charge in [-0.25, -0.2) is 4.68 Å². The maximum Gasteiger partial charge on any atom is 0.0751 e. The summed E-state index contributed by atoms with van der Waals surface area (Å²) in [5.41, 5.74) is 2.22. The van der Waals surface area contributed by atoms with Gasteiger partial charge in [-0.15, -0.1) is 0 Å². The highest BCUT2D eigenvalue weighted by Gasteiger charge is 2.20. The minimum atomic E-state index is 0.398. The Labute approximate surface area is 126 Å². The van der Waals surface area contributed by atoms with Crippen LogP contribution in [0.1, 0.15) is 31.2 Å². The largest absolute Gasteiger partial charge is 0.373 e. The molecule has 0 bridgehead atoms. The average Bonchev–Trinajstić information content (AvgIpc) is 3.03. The molecule has 1 aliphatic rings. The Hall–Kier alpha value is -1.65. The van der Waals surface area contributed by atoms with E-state index in [4.69, 9.17) is 4.74 Å². The topological polar surface area (TPSA) is 39.1 Å². The van der Waals surface area contributed by atoms with Crippen molar-refractivity contribution in [3.63, 3.8) is 0 Å². The summed E-state index contributed by atoms with van der Waals surface area (Å²) in [5.74, 6) is 0. The number of ether oxygens (including phenoxy) is 1. The SMILES string of the molecule is CNC1CCC(OCc2cnn(-c3ccccc3)c2)CC1. The molecule has 21 heavy (non-hydrogen) atoms. The number of aromatic nitrogens is 2. The van der Waals surface area contributed by atoms with Crippen molar-refractivity contribution in [1.82, 2.24) is 15.1 Å². The van der Waals surface area contributed by atoms with Gasteiger partial charge in [-0.3, -0.25) is 0 Å². The minimum absolute atomic E-state index is 0.398. The van der Waals surface area contributed by atoms with Gasteiger partial charge >= 0.3 is 0 Å². The van der Waals surface area contributed by atoms with Crippen LogP contribution >= 0.6 is 0 Å². The zero-order valence-corrected chi connectivity index (χ0v) is 12.5. The molecule has 0 saturated heterocycles. The standard InChI is InChI=1S/C17H23N3O/c1-18-15-7-9-17(10-8-15)21-13-14-11-19-20(12-14)16-5-3-2-4-6-16/h2-6,11-12,15,17-18H,7-10,13H2,1H3. The van der Waals surface area contributed by atoms with Crippen molar-refractivity contribution in [1.29, 1.82) is 0 Å². The first kappa shape index (κ1) is 14.3. The van der Waals surface area contributed by atoms with Crippen molar-refractivity contribution in [2.24, 2.45) is 0 Å². The van der Waals surface area contributed by atoms with E-state index in [1.54, 1.807) is 0 Å². The summed E-state index contributed by atoms with van der Waals surface area (Å²) >= 11 is 0. The van der Waals surface area contributed by atoms with Crippen molar-refractivity contribution in [3.8, 4) is 5.69 Å². The summed E-state index contributed by atoms with van der Waals surface area (Å²) < 4.78 is 7.93. The monoisotopic (exact) mass is 285 g/mol. The fraction of sp³-hybridized carbons (Fsp3) is 0.471. The number of rotatable bonds is 5. The lowest BCUT2D eigenvalue weighted by Gasteiger charge is -2.28. The third kappa shape index (κ3) is 3.71. The first-order chi connectivity index (χ1) is 10.3. The van der Waals surface area contributed by atoms with E-state index in [2.05, 4.69) is 28.7 Å². The number of hydrogen-bond donors (Lipinski definition) is 1. The first-order valence-electron chi connectivity index (χ1n) is 7.73. The van der Waals surface area contributed by atoms with E-state index in [1.165, 1.54) is 12.8 Å². The van der Waals surface area contributed by atoms with Crippen LogP contribution in [0.25, 0.3) is 5.69 Å². The number of nitrogens with zero attached hydrogens (tertiary/aromatic N) is 2. The highest BCUT2D eigenvalue weighted by atomic mass is 16.5. The second kappa shape index (κ2) is 6.87. The second-order valence-electron chi connectivity index (χ2n) is 5.70. The van der Waals surface area contributed by atoms with Gasteiger partial charge < -0.3 is 10.1 Å². The van der Waals surface area contributed by atoms with E-state index in [0.717, 1.165) is 24.1 Å². The molecule has 0 aliphatic heterocycles. The molecule has 0 amide bonds. The Balaban J connectivity index is 1.52. The van der Waals surface area contributed by atoms with Gasteiger partial charge in [0.1, 0.15) is 0 Å². The molecule has 0 radical (unpaired) electrons. The maximum atomic E-state index is 6.03. The zero-order chi connectivity index (χ0) is 14.5. The molecule has 4 heteroatoms. The Morgan fingerprint density at radius 2 is 1.95 bits per heavy atom. The molecule has 1 fully saturated rings. The van der Waals surface area contributed by atoms with E-state index in [1.807, 2.05) is 36.1 Å². The maximum absolute atomic E-state index is 6.03. The van der Waals surface area contributed by atoms with Gasteiger partial charge in [0.05, 0.1) is 24.6 Å². The van der Waals surface area contributed by atoms with Crippen molar-refractivity contribution in [2.75, 3.05) is 7.05 Å². The van der Waals surface area contributed by atoms with Gasteiger partial charge in [0, 0.05) is 17.8 Å². The van der Waals surface area contributed by atoms with Crippen molar-refractivity contribution in [3.05, 3.63) is 48.3 Å². The van der Waals surface area contributed by atoms with Crippen LogP contribution in [0.3, 0.4) is 0 Å². The molecule has 0 unspecified atom stereocenters. The highest BCUT2D eigenvalue weighted by molar-refractivity contribution is 5.30. The molecule has 2 aromatic rings. The molecule has 1 heterocycles. The van der Waals surface area contributed by atoms with Crippen LogP contribution in [0.2, 0.25) is 0 Å². The molecule has 1 aromatic carbocycles. The predicted octanol–water partition coefficient (Wildman–Crippen LogP) is 2.92. The lowest BCUT2D eigenvalue weighted by atomic mass is 9.93. The second-order valence-corrected chi connectivity index (χ2v) is 5.70.